The number of aliphatic hydroxyl groups excluding tert-OH is 1. The van der Waals surface area contributed by atoms with Gasteiger partial charge in [0.2, 0.25) is 11.8 Å². The molecule has 11 N–H and O–H groups in total. The minimum Gasteiger partial charge on any atom is -0.492 e. The average Bonchev–Trinajstić information content (AvgIpc) is 3.83. The van der Waals surface area contributed by atoms with Gasteiger partial charge in [-0.15, -0.1) is 0 Å². The van der Waals surface area contributed by atoms with Crippen molar-refractivity contribution >= 4 is 57.6 Å². The van der Waals surface area contributed by atoms with Gasteiger partial charge in [0, 0.05) is 35.9 Å². The van der Waals surface area contributed by atoms with E-state index >= 15 is 0 Å². The van der Waals surface area contributed by atoms with E-state index in [4.69, 9.17) is 26.0 Å². The predicted octanol–water partition coefficient (Wildman–Crippen LogP) is -0.732. The molecule has 1 aliphatic rings. The molecule has 7 rings (SSSR count). The molecule has 0 bridgehead atoms. The van der Waals surface area contributed by atoms with Crippen LogP contribution in [0.1, 0.15) is 47.1 Å². The summed E-state index contributed by atoms with van der Waals surface area (Å²) in [5, 5.41) is 34.5. The molecular weight excluding hydrogens is 764 g/mol. The fourth-order valence-corrected chi connectivity index (χ4v) is 5.60. The summed E-state index contributed by atoms with van der Waals surface area (Å²) in [6, 6.07) is 4.83. The van der Waals surface area contributed by atoms with Crippen molar-refractivity contribution in [1.29, 1.82) is 0 Å². The number of hydrogen-bond donors (Lipinski definition) is 9. The molecule has 0 aliphatic carbocycles. The van der Waals surface area contributed by atoms with Gasteiger partial charge in [-0.2, -0.15) is 15.0 Å². The van der Waals surface area contributed by atoms with Crippen LogP contribution in [0.2, 0.25) is 0 Å². The molecule has 5 aromatic heterocycles. The standard InChI is InChI=1S/C29H32N10O9.C5H4N4O/c1-13-11-39(29(46)38-25(13)42)20-8-18(40)19(48-20)12-47-21(41)7-6-17(27(44)45)35-26(43)14-2-4-15(5-3-14)32-9-16-10-33-24-22(34-16)23(30)36-28(31)37-24;10-5-3-4(7-1-6-3)8-2-9-5/h2-5,10-11,17-20,32,40H,6-9,12H2,1H3,(H,35,43)(H,44,45)(H,38,42,46)(H4,30,31,33,36,37);1-2H,(H2,6,7,8,9,10)/t17?,18-,19+,20+;/m0./s1. The van der Waals surface area contributed by atoms with Crippen molar-refractivity contribution in [2.45, 2.75) is 57.2 Å². The van der Waals surface area contributed by atoms with Crippen molar-refractivity contribution in [3.8, 4) is 5.88 Å². The zero-order chi connectivity index (χ0) is 41.5. The zero-order valence-corrected chi connectivity index (χ0v) is 30.4. The largest absolute Gasteiger partial charge is 0.492 e. The van der Waals surface area contributed by atoms with Crippen LogP contribution in [0.3, 0.4) is 0 Å². The molecule has 0 radical (unpaired) electrons. The van der Waals surface area contributed by atoms with Crippen molar-refractivity contribution < 1.29 is 39.2 Å². The SMILES string of the molecule is Cc1cn([C@H]2C[C@H](O)[C@@H](COC(=O)CCC(NC(=O)c3ccc(NCc4cnc5nc(N)nc(N)c5n4)cc3)C(=O)O)O2)c(=O)[nH]c1=O.Oc1ncnc2nc[nH]c12. The number of fused-ring (bicyclic) bond motifs is 2. The zero-order valence-electron chi connectivity index (χ0n) is 30.4. The lowest BCUT2D eigenvalue weighted by Crippen LogP contribution is -2.41. The number of nitrogens with two attached hydrogens (primary N) is 2. The van der Waals surface area contributed by atoms with Crippen LogP contribution >= 0.6 is 0 Å². The number of nitrogen functional groups attached to an aromatic ring is 2. The summed E-state index contributed by atoms with van der Waals surface area (Å²) < 4.78 is 12.0. The van der Waals surface area contributed by atoms with E-state index in [1.165, 1.54) is 44.1 Å². The Bertz CT molecular complexity index is 2580. The number of esters is 1. The maximum Gasteiger partial charge on any atom is 0.330 e. The smallest absolute Gasteiger partial charge is 0.330 e. The Morgan fingerprint density at radius 3 is 2.59 bits per heavy atom. The number of H-pyrrole nitrogens is 2. The Hall–Kier alpha value is -7.60. The first-order valence-electron chi connectivity index (χ1n) is 17.3. The van der Waals surface area contributed by atoms with E-state index in [0.717, 1.165) is 4.57 Å². The second-order valence-corrected chi connectivity index (χ2v) is 12.7. The Labute approximate surface area is 324 Å². The summed E-state index contributed by atoms with van der Waals surface area (Å²) in [5.74, 6) is -2.77. The monoisotopic (exact) mass is 800 g/mol. The number of nitrogens with one attached hydrogen (secondary N) is 4. The Morgan fingerprint density at radius 1 is 1.07 bits per heavy atom. The number of imidazole rings is 1. The lowest BCUT2D eigenvalue weighted by Gasteiger charge is -2.17. The molecule has 1 amide bonds. The topological polar surface area (TPSA) is 367 Å². The first-order chi connectivity index (χ1) is 27.7. The number of hydrogen-bond acceptors (Lipinski definition) is 19. The van der Waals surface area contributed by atoms with E-state index in [1.54, 1.807) is 12.1 Å². The van der Waals surface area contributed by atoms with Gasteiger partial charge in [-0.25, -0.2) is 29.5 Å². The van der Waals surface area contributed by atoms with E-state index in [1.807, 2.05) is 0 Å². The van der Waals surface area contributed by atoms with Crippen molar-refractivity contribution in [2.24, 2.45) is 0 Å². The summed E-state index contributed by atoms with van der Waals surface area (Å²) in [5.41, 5.74) is 13.3. The summed E-state index contributed by atoms with van der Waals surface area (Å²) in [7, 11) is 0. The highest BCUT2D eigenvalue weighted by molar-refractivity contribution is 5.97. The summed E-state index contributed by atoms with van der Waals surface area (Å²) in [6.45, 7) is 1.41. The average molecular weight is 801 g/mol. The van der Waals surface area contributed by atoms with Gasteiger partial charge in [0.25, 0.3) is 11.5 Å². The van der Waals surface area contributed by atoms with Crippen LogP contribution in [0.25, 0.3) is 22.3 Å². The molecule has 0 saturated carbocycles. The number of aryl methyl sites for hydroxylation is 1. The van der Waals surface area contributed by atoms with Gasteiger partial charge < -0.3 is 51.9 Å². The number of ether oxygens (including phenoxy) is 2. The van der Waals surface area contributed by atoms with Crippen LogP contribution in [0.5, 0.6) is 5.88 Å². The molecule has 0 spiro atoms. The van der Waals surface area contributed by atoms with Crippen molar-refractivity contribution in [2.75, 3.05) is 23.4 Å². The molecular formula is C34H36N14O10. The second kappa shape index (κ2) is 17.5. The van der Waals surface area contributed by atoms with Gasteiger partial charge >= 0.3 is 17.6 Å². The van der Waals surface area contributed by atoms with Crippen molar-refractivity contribution in [3.05, 3.63) is 87.0 Å². The number of carbonyl (C=O) groups is 3. The minimum absolute atomic E-state index is 0.00968. The van der Waals surface area contributed by atoms with Gasteiger partial charge in [0.05, 0.1) is 30.9 Å². The number of amides is 1. The van der Waals surface area contributed by atoms with Crippen LogP contribution < -0.4 is 33.3 Å². The number of aromatic hydroxyl groups is 1. The van der Waals surface area contributed by atoms with Crippen LogP contribution in [-0.2, 0) is 25.6 Å². The summed E-state index contributed by atoms with van der Waals surface area (Å²) in [4.78, 5) is 93.2. The molecule has 4 atom stereocenters. The van der Waals surface area contributed by atoms with Crippen LogP contribution in [0.4, 0.5) is 17.5 Å². The van der Waals surface area contributed by atoms with Crippen molar-refractivity contribution in [1.82, 2.24) is 54.7 Å². The number of carboxylic acids is 1. The maximum absolute atomic E-state index is 12.8. The van der Waals surface area contributed by atoms with Crippen molar-refractivity contribution in [3.63, 3.8) is 0 Å². The highest BCUT2D eigenvalue weighted by atomic mass is 16.6. The second-order valence-electron chi connectivity index (χ2n) is 12.7. The number of aliphatic carboxylic acids is 1. The van der Waals surface area contributed by atoms with Gasteiger partial charge in [-0.3, -0.25) is 23.9 Å². The fraction of sp³-hybridized carbons (Fsp3) is 0.294. The first-order valence-corrected chi connectivity index (χ1v) is 17.3. The molecule has 24 nitrogen and oxygen atoms in total. The highest BCUT2D eigenvalue weighted by Gasteiger charge is 2.36. The van der Waals surface area contributed by atoms with Crippen LogP contribution in [0, 0.1) is 6.92 Å². The number of carbonyl (C=O) groups excluding carboxylic acids is 2. The third-order valence-corrected chi connectivity index (χ3v) is 8.63. The van der Waals surface area contributed by atoms with Gasteiger partial charge in [-0.1, -0.05) is 0 Å². The number of aromatic nitrogens is 10. The molecule has 1 unspecified atom stereocenters. The molecule has 24 heteroatoms. The number of benzene rings is 1. The van der Waals surface area contributed by atoms with Crippen LogP contribution in [0.15, 0.2) is 58.9 Å². The lowest BCUT2D eigenvalue weighted by molar-refractivity contribution is -0.150. The molecule has 1 fully saturated rings. The molecule has 6 heterocycles. The Kier molecular flexibility index (Phi) is 12.1. The third-order valence-electron chi connectivity index (χ3n) is 8.63. The quantitative estimate of drug-likeness (QED) is 0.0689. The van der Waals surface area contributed by atoms with E-state index in [0.29, 0.717) is 28.1 Å². The number of carboxylic acid groups (broad SMARTS) is 1. The number of aliphatic hydroxyl groups is 1. The molecule has 1 aliphatic heterocycles. The number of anilines is 3. The van der Waals surface area contributed by atoms with Crippen LogP contribution in [-0.4, -0.2) is 107 Å². The van der Waals surface area contributed by atoms with E-state index in [9.17, 15) is 34.2 Å². The lowest BCUT2D eigenvalue weighted by atomic mass is 10.1. The van der Waals surface area contributed by atoms with E-state index in [2.05, 4.69) is 55.5 Å². The Morgan fingerprint density at radius 2 is 1.84 bits per heavy atom. The summed E-state index contributed by atoms with van der Waals surface area (Å²) in [6.07, 6.45) is 2.01. The third kappa shape index (κ3) is 9.61. The first kappa shape index (κ1) is 40.1. The van der Waals surface area contributed by atoms with E-state index in [-0.39, 0.29) is 66.8 Å². The maximum atomic E-state index is 12.8. The highest BCUT2D eigenvalue weighted by Crippen LogP contribution is 2.28. The van der Waals surface area contributed by atoms with Gasteiger partial charge in [-0.05, 0) is 37.6 Å². The van der Waals surface area contributed by atoms with Gasteiger partial charge in [0.15, 0.2) is 22.6 Å². The number of nitrogens with zero attached hydrogens (tertiary/aromatic N) is 8. The molecule has 1 aromatic carbocycles. The molecule has 58 heavy (non-hydrogen) atoms. The molecule has 6 aromatic rings. The number of aromatic amines is 2. The van der Waals surface area contributed by atoms with E-state index < -0.39 is 53.6 Å². The fourth-order valence-electron chi connectivity index (χ4n) is 5.60. The molecule has 302 valence electrons. The van der Waals surface area contributed by atoms with Gasteiger partial charge in [0.1, 0.15) is 36.8 Å². The molecule has 1 saturated heterocycles. The minimum atomic E-state index is -1.39. The Balaban J connectivity index is 0.000000489. The normalized spacial score (nSPS) is 16.6. The predicted molar refractivity (Wildman–Crippen MR) is 201 cm³/mol. The number of rotatable bonds is 12. The summed E-state index contributed by atoms with van der Waals surface area (Å²) >= 11 is 0.